The van der Waals surface area contributed by atoms with E-state index < -0.39 is 45.9 Å². The highest BCUT2D eigenvalue weighted by Crippen LogP contribution is 2.35. The highest BCUT2D eigenvalue weighted by Gasteiger charge is 2.38. The molecule has 0 unspecified atom stereocenters. The summed E-state index contributed by atoms with van der Waals surface area (Å²) in [6.07, 6.45) is 8.69. The van der Waals surface area contributed by atoms with E-state index in [1.54, 1.807) is 71.0 Å². The molecular formula is C102H127Cl2N7O14. The second kappa shape index (κ2) is 46.0. The molecule has 0 aliphatic heterocycles. The molecule has 668 valence electrons. The van der Waals surface area contributed by atoms with E-state index in [-0.39, 0.29) is 48.1 Å². The molecule has 1 N–H and O–H groups in total. The molecule has 4 aromatic heterocycles. The number of benzene rings is 7. The zero-order valence-electron chi connectivity index (χ0n) is 78.3. The summed E-state index contributed by atoms with van der Waals surface area (Å²) < 4.78 is 34.4. The van der Waals surface area contributed by atoms with E-state index in [9.17, 15) is 43.5 Å². The van der Waals surface area contributed by atoms with Crippen molar-refractivity contribution in [2.45, 2.75) is 202 Å². The van der Waals surface area contributed by atoms with Gasteiger partial charge in [0.25, 0.3) is 0 Å². The number of hydrogen-bond acceptors (Lipinski definition) is 20. The Morgan fingerprint density at radius 3 is 0.920 bits per heavy atom. The fourth-order valence-electron chi connectivity index (χ4n) is 12.2. The van der Waals surface area contributed by atoms with Crippen LogP contribution in [0.15, 0.2) is 170 Å². The van der Waals surface area contributed by atoms with Crippen LogP contribution in [0.3, 0.4) is 0 Å². The van der Waals surface area contributed by atoms with Gasteiger partial charge in [-0.1, -0.05) is 132 Å². The topological polar surface area (TPSA) is 264 Å². The summed E-state index contributed by atoms with van der Waals surface area (Å²) in [5.74, 6) is 1.57. The number of pyridine rings is 4. The highest BCUT2D eigenvalue weighted by molar-refractivity contribution is 6.33. The number of aryl methyl sites for hydroxylation is 6. The van der Waals surface area contributed by atoms with Gasteiger partial charge in [-0.25, -0.2) is 34.3 Å². The summed E-state index contributed by atoms with van der Waals surface area (Å²) >= 11 is 5.87. The molecule has 11 rings (SSSR count). The number of carboxylic acids is 1. The fourth-order valence-corrected chi connectivity index (χ4v) is 12.5. The first-order valence-electron chi connectivity index (χ1n) is 41.1. The number of ketones is 4. The third-order valence-corrected chi connectivity index (χ3v) is 18.4. The van der Waals surface area contributed by atoms with E-state index in [0.717, 1.165) is 100 Å². The third kappa shape index (κ3) is 30.3. The molecule has 4 heterocycles. The Labute approximate surface area is 751 Å². The van der Waals surface area contributed by atoms with Crippen molar-refractivity contribution in [3.8, 4) is 17.2 Å². The van der Waals surface area contributed by atoms with Crippen LogP contribution in [0.2, 0.25) is 5.15 Å². The lowest BCUT2D eigenvalue weighted by molar-refractivity contribution is -0.171. The molecule has 7 aromatic carbocycles. The number of para-hydroxylation sites is 4. The van der Waals surface area contributed by atoms with Crippen molar-refractivity contribution in [1.82, 2.24) is 19.9 Å². The minimum Gasteiger partial charge on any atom is -0.478 e. The summed E-state index contributed by atoms with van der Waals surface area (Å²) in [4.78, 5) is 120. The second-order valence-electron chi connectivity index (χ2n) is 33.8. The number of carbonyl (C=O) groups is 8. The average Bonchev–Trinajstić information content (AvgIpc) is 0.828. The number of allylic oxidation sites excluding steroid dienone is 2. The number of nitrogens with zero attached hydrogens (tertiary/aromatic N) is 7. The van der Waals surface area contributed by atoms with Crippen LogP contribution in [0.4, 0.5) is 17.5 Å². The Balaban J connectivity index is 0.000000415. The molecule has 0 radical (unpaired) electrons. The van der Waals surface area contributed by atoms with E-state index >= 15 is 0 Å². The van der Waals surface area contributed by atoms with Crippen LogP contribution in [0.5, 0.6) is 17.2 Å². The Morgan fingerprint density at radius 1 is 0.408 bits per heavy atom. The number of carbonyl (C=O) groups excluding carboxylic acids is 7. The van der Waals surface area contributed by atoms with E-state index in [0.29, 0.717) is 56.7 Å². The van der Waals surface area contributed by atoms with Crippen molar-refractivity contribution in [3.63, 3.8) is 0 Å². The smallest absolute Gasteiger partial charge is 0.350 e. The maximum absolute atomic E-state index is 13.2. The van der Waals surface area contributed by atoms with Gasteiger partial charge in [0.2, 0.25) is 0 Å². The zero-order valence-corrected chi connectivity index (χ0v) is 78.8. The molecule has 11 aromatic rings. The molecule has 0 aliphatic rings. The predicted octanol–water partition coefficient (Wildman–Crippen LogP) is 23.7. The molecule has 0 aliphatic carbocycles. The lowest BCUT2D eigenvalue weighted by atomic mass is 10.0. The van der Waals surface area contributed by atoms with Gasteiger partial charge in [-0.3, -0.25) is 24.0 Å². The highest BCUT2D eigenvalue weighted by atomic mass is 35.5. The van der Waals surface area contributed by atoms with E-state index in [2.05, 4.69) is 33.8 Å². The number of rotatable bonds is 21. The van der Waals surface area contributed by atoms with Crippen LogP contribution in [0, 0.1) is 41.5 Å². The van der Waals surface area contributed by atoms with Gasteiger partial charge in [0.15, 0.2) is 39.9 Å². The molecule has 0 amide bonds. The largest absolute Gasteiger partial charge is 0.478 e. The molecule has 0 saturated carbocycles. The SMILES string of the molecule is C.CC(=O)c1cc2ccccc2nc1Cl.CC(=O)c1cc2ccccc2nc1N(C)C.CCC.Cc1cc(/C=C/C(=O)c2cc3ccccc3nc2N(C)C)cc(C)c1OC(C)(C)C(=O)O.Cc1cc(/C=C/C(=O)c2cc3ccccc3nc2N(C)C)cc(C)c1OC(C)(C)C(=O)OC(C)(C)C.Cc1cc(C=O)cc(C)c1OC(C)(C)C(=O)OC(C)(C)C.Cl.[3H]C. The number of aliphatic carboxylic acids is 1. The Bertz CT molecular complexity index is 5690. The maximum atomic E-state index is 13.2. The number of esters is 2. The van der Waals surface area contributed by atoms with Crippen molar-refractivity contribution in [2.75, 3.05) is 57.0 Å². The standard InChI is InChI=1S/C30H36N2O4.C26H28N2O4.C17H24O4.C13H14N2O.C11H8ClNO.C3H8.2CH4.ClH/c1-19-16-21(17-20(2)26(19)35-30(6,7)28(34)36-29(3,4)5)14-15-25(33)23-18-22-12-10-11-13-24(22)31-27(23)32(8)9;1-16-13-18(14-17(2)23(16)32-26(3,4)25(30)31)11-12-22(29)20-15-19-9-7-8-10-21(19)27-24(20)28(5)6;1-11-8-13(10-18)9-12(2)14(11)20-17(6,7)15(19)21-16(3,4)5;1-9(16)11-8-10-6-4-5-7-12(10)14-13(11)15(2)3;1-7(14)9-6-8-4-2-3-5-10(8)13-11(9)12;1-3-2;;;/h10-18H,1-9H3;7-15H,1-6H3,(H,30,31);8-10H,1-7H3;4-8H,1-3H3;2-6H,1H3;3H2,1-2H3;2*1H4;1H/b15-14+;12-11+;;;;;;;/i;;;;;;1T;;. The first-order chi connectivity index (χ1) is 57.8. The molecular weight excluding hydrogens is 1620 g/mol. The van der Waals surface area contributed by atoms with Crippen LogP contribution in [0.25, 0.3) is 55.8 Å². The Kier molecular flexibility index (Phi) is 38.7. The van der Waals surface area contributed by atoms with E-state index in [4.69, 9.17) is 36.7 Å². The average molecular weight is 1750 g/mol. The van der Waals surface area contributed by atoms with Gasteiger partial charge in [-0.2, -0.15) is 0 Å². The number of aromatic nitrogens is 4. The number of hydrogen-bond donors (Lipinski definition) is 1. The Morgan fingerprint density at radius 2 is 0.656 bits per heavy atom. The van der Waals surface area contributed by atoms with Crippen LogP contribution >= 0.6 is 24.0 Å². The maximum Gasteiger partial charge on any atom is 0.350 e. The Hall–Kier alpha value is -12.2. The van der Waals surface area contributed by atoms with Gasteiger partial charge in [-0.15, -0.1) is 12.4 Å². The molecule has 23 heteroatoms. The molecule has 0 spiro atoms. The summed E-state index contributed by atoms with van der Waals surface area (Å²) in [7, 11) is 12.5. The summed E-state index contributed by atoms with van der Waals surface area (Å²) in [6, 6.07) is 49.3. The van der Waals surface area contributed by atoms with E-state index in [1.807, 2.05) is 280 Å². The number of halogens is 2. The van der Waals surface area contributed by atoms with E-state index in [1.165, 1.54) is 40.7 Å². The van der Waals surface area contributed by atoms with Crippen LogP contribution in [0.1, 0.15) is 230 Å². The predicted molar refractivity (Wildman–Crippen MR) is 515 cm³/mol. The molecule has 21 nitrogen and oxygen atoms in total. The molecule has 0 saturated heterocycles. The van der Waals surface area contributed by atoms with Crippen molar-refractivity contribution in [1.29, 1.82) is 0 Å². The van der Waals surface area contributed by atoms with Crippen LogP contribution in [-0.2, 0) is 23.9 Å². The number of aldehydes is 1. The molecule has 0 fully saturated rings. The lowest BCUT2D eigenvalue weighted by Crippen LogP contribution is -2.43. The molecule has 0 atom stereocenters. The zero-order chi connectivity index (χ0) is 93.4. The number of carboxylic acid groups (broad SMARTS) is 1. The van der Waals surface area contributed by atoms with Crippen molar-refractivity contribution in [2.24, 2.45) is 0 Å². The number of ether oxygens (including phenoxy) is 5. The van der Waals surface area contributed by atoms with Crippen LogP contribution < -0.4 is 28.9 Å². The molecule has 125 heavy (non-hydrogen) atoms. The number of Topliss-reactive ketones (excluding diaryl/α,β-unsaturated/α-hetero) is 2. The second-order valence-corrected chi connectivity index (χ2v) is 34.1. The van der Waals surface area contributed by atoms with Crippen molar-refractivity contribution in [3.05, 3.63) is 247 Å². The van der Waals surface area contributed by atoms with Gasteiger partial charge in [0.1, 0.15) is 57.3 Å². The van der Waals surface area contributed by atoms with Gasteiger partial charge in [-0.05, 0) is 280 Å². The third-order valence-electron chi connectivity index (χ3n) is 18.2. The fraction of sp³-hybridized carbons (Fsp3) is 0.353. The first-order valence-corrected chi connectivity index (χ1v) is 40.5. The van der Waals surface area contributed by atoms with Gasteiger partial charge in [0, 0.05) is 70.8 Å². The van der Waals surface area contributed by atoms with Gasteiger partial charge < -0.3 is 43.5 Å². The number of fused-ring (bicyclic) bond motifs is 4. The summed E-state index contributed by atoms with van der Waals surface area (Å²) in [5, 5.41) is 13.4. The minimum absolute atomic E-state index is 0. The summed E-state index contributed by atoms with van der Waals surface area (Å²) in [5.41, 5.74) is 8.09. The summed E-state index contributed by atoms with van der Waals surface area (Å²) in [6.45, 7) is 39.3. The van der Waals surface area contributed by atoms with Gasteiger partial charge in [0.05, 0.1) is 44.3 Å². The van der Waals surface area contributed by atoms with Gasteiger partial charge >= 0.3 is 17.9 Å². The monoisotopic (exact) mass is 1750 g/mol. The first kappa shape index (κ1) is 105. The van der Waals surface area contributed by atoms with Crippen molar-refractivity contribution >= 4 is 145 Å². The lowest BCUT2D eigenvalue weighted by Gasteiger charge is -2.30. The van der Waals surface area contributed by atoms with Crippen LogP contribution in [-0.4, -0.2) is 143 Å². The van der Waals surface area contributed by atoms with Crippen molar-refractivity contribution < 1.29 is 68.5 Å². The molecule has 0 bridgehead atoms. The quantitative estimate of drug-likeness (QED) is 0.0230. The number of anilines is 3. The normalized spacial score (nSPS) is 11.2. The minimum atomic E-state index is -1.34.